The van der Waals surface area contributed by atoms with Crippen LogP contribution in [0.1, 0.15) is 18.9 Å². The van der Waals surface area contributed by atoms with Crippen LogP contribution < -0.4 is 4.29 Å². The van der Waals surface area contributed by atoms with Crippen LogP contribution in [0, 0.1) is 0 Å². The first kappa shape index (κ1) is 8.96. The molecule has 1 aromatic heterocycles. The molecule has 0 aromatic carbocycles. The summed E-state index contributed by atoms with van der Waals surface area (Å²) in [5.74, 6) is 0. The van der Waals surface area contributed by atoms with Gasteiger partial charge in [0.15, 0.2) is 0 Å². The number of hydrogen-bond donors (Lipinski definition) is 1. The Hall–Kier alpha value is -0.617. The summed E-state index contributed by atoms with van der Waals surface area (Å²) in [4.78, 5) is 3.35. The molecule has 0 atom stereocenters. The molecular weight excluding hydrogens is 247 g/mol. The number of aryl methyl sites for hydroxylation is 1. The van der Waals surface area contributed by atoms with E-state index in [1.165, 1.54) is 16.3 Å². The van der Waals surface area contributed by atoms with E-state index in [1.807, 2.05) is 0 Å². The molecule has 0 unspecified atom stereocenters. The Labute approximate surface area is 86.5 Å². The topological polar surface area (TPSA) is 15.8 Å². The number of hydrogen-bond acceptors (Lipinski definition) is 0. The molecular formula is C11H13NRu. The summed E-state index contributed by atoms with van der Waals surface area (Å²) >= 11 is 0.260. The molecule has 0 saturated carbocycles. The van der Waals surface area contributed by atoms with Crippen LogP contribution in [0.25, 0.3) is 0 Å². The van der Waals surface area contributed by atoms with Crippen LogP contribution in [-0.4, -0.2) is 4.98 Å². The SMILES string of the molecule is CCc1cc[nH][c]1[Ru][C]1=CC=CC1. The van der Waals surface area contributed by atoms with Gasteiger partial charge >= 0.3 is 86.4 Å². The minimum atomic E-state index is 0.260. The number of aromatic nitrogens is 1. The fourth-order valence-corrected chi connectivity index (χ4v) is 3.58. The molecule has 0 bridgehead atoms. The minimum absolute atomic E-state index is 0.260. The van der Waals surface area contributed by atoms with E-state index in [4.69, 9.17) is 0 Å². The van der Waals surface area contributed by atoms with E-state index in [0.717, 1.165) is 6.42 Å². The van der Waals surface area contributed by atoms with Gasteiger partial charge in [0.05, 0.1) is 0 Å². The van der Waals surface area contributed by atoms with Crippen LogP contribution in [0.5, 0.6) is 0 Å². The van der Waals surface area contributed by atoms with E-state index < -0.39 is 0 Å². The van der Waals surface area contributed by atoms with Crippen molar-refractivity contribution in [2.45, 2.75) is 19.8 Å². The van der Waals surface area contributed by atoms with Crippen molar-refractivity contribution >= 4 is 4.29 Å². The van der Waals surface area contributed by atoms with E-state index in [0.29, 0.717) is 0 Å². The van der Waals surface area contributed by atoms with Crippen LogP contribution in [0.15, 0.2) is 34.7 Å². The summed E-state index contributed by atoms with van der Waals surface area (Å²) in [5, 5.41) is 0. The van der Waals surface area contributed by atoms with Crippen LogP contribution >= 0.6 is 0 Å². The Bertz CT molecular complexity index is 347. The molecule has 1 nitrogen and oxygen atoms in total. The van der Waals surface area contributed by atoms with Crippen molar-refractivity contribution in [3.05, 3.63) is 40.2 Å². The Morgan fingerprint density at radius 3 is 3.15 bits per heavy atom. The van der Waals surface area contributed by atoms with Crippen LogP contribution in [0.3, 0.4) is 0 Å². The molecule has 1 N–H and O–H groups in total. The van der Waals surface area contributed by atoms with Gasteiger partial charge in [0.25, 0.3) is 0 Å². The van der Waals surface area contributed by atoms with Crippen molar-refractivity contribution in [2.24, 2.45) is 0 Å². The van der Waals surface area contributed by atoms with Gasteiger partial charge in [-0.15, -0.1) is 0 Å². The molecule has 1 heterocycles. The summed E-state index contributed by atoms with van der Waals surface area (Å²) in [6.07, 6.45) is 11.0. The standard InChI is InChI=1S/C6H8N.C5H5.Ru/c1-2-6-3-4-7-5-6;1-2-4-5-3-1;/h3-4,7H,2H2,1H3;1-3H,4H2;. The number of allylic oxidation sites excluding steroid dienone is 4. The number of H-pyrrole nitrogens is 1. The molecule has 70 valence electrons. The van der Waals surface area contributed by atoms with E-state index in [1.54, 1.807) is 4.17 Å². The van der Waals surface area contributed by atoms with Gasteiger partial charge in [-0.05, 0) is 0 Å². The number of aromatic amines is 1. The van der Waals surface area contributed by atoms with E-state index >= 15 is 0 Å². The average molecular weight is 260 g/mol. The fourth-order valence-electron chi connectivity index (χ4n) is 1.32. The first-order valence-corrected chi connectivity index (χ1v) is 6.28. The molecule has 0 aliphatic heterocycles. The normalized spacial score (nSPS) is 15.3. The Morgan fingerprint density at radius 2 is 2.46 bits per heavy atom. The first-order chi connectivity index (χ1) is 6.40. The van der Waals surface area contributed by atoms with Gasteiger partial charge in [0.1, 0.15) is 0 Å². The second-order valence-corrected chi connectivity index (χ2v) is 5.40. The van der Waals surface area contributed by atoms with Gasteiger partial charge < -0.3 is 0 Å². The zero-order valence-electron chi connectivity index (χ0n) is 7.65. The van der Waals surface area contributed by atoms with E-state index in [-0.39, 0.29) is 17.1 Å². The molecule has 0 spiro atoms. The monoisotopic (exact) mass is 261 g/mol. The van der Waals surface area contributed by atoms with Crippen molar-refractivity contribution in [3.8, 4) is 0 Å². The second kappa shape index (κ2) is 4.06. The van der Waals surface area contributed by atoms with Gasteiger partial charge in [-0.3, -0.25) is 0 Å². The van der Waals surface area contributed by atoms with Crippen LogP contribution in [0.2, 0.25) is 0 Å². The maximum absolute atomic E-state index is 3.35. The zero-order chi connectivity index (χ0) is 9.10. The van der Waals surface area contributed by atoms with Crippen molar-refractivity contribution in [3.63, 3.8) is 0 Å². The Balaban J connectivity index is 2.09. The van der Waals surface area contributed by atoms with Crippen molar-refractivity contribution < 1.29 is 17.1 Å². The number of rotatable bonds is 3. The van der Waals surface area contributed by atoms with E-state index in [2.05, 4.69) is 42.4 Å². The van der Waals surface area contributed by atoms with Gasteiger partial charge in [-0.1, -0.05) is 0 Å². The third-order valence-corrected chi connectivity index (χ3v) is 4.51. The fraction of sp³-hybridized carbons (Fsp3) is 0.273. The van der Waals surface area contributed by atoms with Crippen LogP contribution in [0.4, 0.5) is 0 Å². The molecule has 1 aromatic rings. The quantitative estimate of drug-likeness (QED) is 0.801. The average Bonchev–Trinajstić information content (AvgIpc) is 2.76. The summed E-state index contributed by atoms with van der Waals surface area (Å²) in [6, 6.07) is 2.20. The predicted octanol–water partition coefficient (Wildman–Crippen LogP) is 2.13. The molecule has 0 amide bonds. The van der Waals surface area contributed by atoms with E-state index in [9.17, 15) is 0 Å². The summed E-state index contributed by atoms with van der Waals surface area (Å²) in [5.41, 5.74) is 1.49. The summed E-state index contributed by atoms with van der Waals surface area (Å²) < 4.78 is 3.08. The molecule has 0 radical (unpaired) electrons. The van der Waals surface area contributed by atoms with Gasteiger partial charge in [-0.2, -0.15) is 0 Å². The van der Waals surface area contributed by atoms with Crippen LogP contribution in [-0.2, 0) is 23.5 Å². The molecule has 0 saturated heterocycles. The molecule has 2 rings (SSSR count). The number of nitrogens with one attached hydrogen (secondary N) is 1. The van der Waals surface area contributed by atoms with Gasteiger partial charge in [-0.25, -0.2) is 0 Å². The van der Waals surface area contributed by atoms with Gasteiger partial charge in [0, 0.05) is 0 Å². The Morgan fingerprint density at radius 1 is 1.54 bits per heavy atom. The predicted molar refractivity (Wildman–Crippen MR) is 51.6 cm³/mol. The molecule has 0 fully saturated rings. The molecule has 2 heteroatoms. The third-order valence-electron chi connectivity index (χ3n) is 2.06. The molecule has 1 aliphatic carbocycles. The van der Waals surface area contributed by atoms with Crippen molar-refractivity contribution in [1.82, 2.24) is 4.98 Å². The van der Waals surface area contributed by atoms with Gasteiger partial charge in [0.2, 0.25) is 0 Å². The first-order valence-electron chi connectivity index (χ1n) is 4.54. The zero-order valence-corrected chi connectivity index (χ0v) is 9.39. The molecule has 13 heavy (non-hydrogen) atoms. The molecule has 1 aliphatic rings. The summed E-state index contributed by atoms with van der Waals surface area (Å²) in [7, 11) is 0. The third kappa shape index (κ3) is 2.00. The summed E-state index contributed by atoms with van der Waals surface area (Å²) in [6.45, 7) is 2.22. The second-order valence-electron chi connectivity index (χ2n) is 2.98. The maximum atomic E-state index is 3.35. The van der Waals surface area contributed by atoms with Crippen molar-refractivity contribution in [1.29, 1.82) is 0 Å². The van der Waals surface area contributed by atoms with Crippen molar-refractivity contribution in [2.75, 3.05) is 0 Å². The Kier molecular flexibility index (Phi) is 2.80.